The lowest BCUT2D eigenvalue weighted by atomic mass is 9.96. The molecule has 2 rings (SSSR count). The standard InChI is InChI=1S/C21H21Cl2NO4S/c1-21(2,3)20(27)24-11-14-6-8-18(29-14)17(25)12-28-19(26)9-5-13-4-7-15(22)16(23)10-13/h4-10H,11-12H2,1-3H3,(H,24,27)/b9-5+. The number of rotatable bonds is 7. The molecule has 2 aromatic rings. The van der Waals surface area contributed by atoms with Crippen molar-refractivity contribution < 1.29 is 19.1 Å². The van der Waals surface area contributed by atoms with Crippen LogP contribution in [-0.4, -0.2) is 24.3 Å². The molecule has 5 nitrogen and oxygen atoms in total. The molecule has 1 amide bonds. The summed E-state index contributed by atoms with van der Waals surface area (Å²) in [5.41, 5.74) is 0.206. The summed E-state index contributed by atoms with van der Waals surface area (Å²) in [6.07, 6.45) is 2.74. The zero-order chi connectivity index (χ0) is 21.6. The largest absolute Gasteiger partial charge is 0.454 e. The Bertz CT molecular complexity index is 944. The van der Waals surface area contributed by atoms with Crippen LogP contribution in [0, 0.1) is 5.41 Å². The van der Waals surface area contributed by atoms with Gasteiger partial charge in [-0.25, -0.2) is 4.79 Å². The van der Waals surface area contributed by atoms with Crippen LogP contribution in [-0.2, 0) is 20.9 Å². The second kappa shape index (κ2) is 10.1. The van der Waals surface area contributed by atoms with E-state index in [1.807, 2.05) is 20.8 Å². The summed E-state index contributed by atoms with van der Waals surface area (Å²) in [5, 5.41) is 3.63. The van der Waals surface area contributed by atoms with Crippen molar-refractivity contribution in [1.82, 2.24) is 5.32 Å². The van der Waals surface area contributed by atoms with Crippen molar-refractivity contribution in [2.24, 2.45) is 5.41 Å². The summed E-state index contributed by atoms with van der Waals surface area (Å²) < 4.78 is 4.99. The van der Waals surface area contributed by atoms with Gasteiger partial charge < -0.3 is 10.1 Å². The van der Waals surface area contributed by atoms with E-state index < -0.39 is 11.4 Å². The lowest BCUT2D eigenvalue weighted by Gasteiger charge is -2.17. The van der Waals surface area contributed by atoms with Gasteiger partial charge >= 0.3 is 5.97 Å². The lowest BCUT2D eigenvalue weighted by molar-refractivity contribution is -0.136. The van der Waals surface area contributed by atoms with Crippen LogP contribution in [0.4, 0.5) is 0 Å². The van der Waals surface area contributed by atoms with Crippen LogP contribution < -0.4 is 5.32 Å². The van der Waals surface area contributed by atoms with Gasteiger partial charge in [-0.15, -0.1) is 11.3 Å². The van der Waals surface area contributed by atoms with E-state index in [0.717, 1.165) is 4.88 Å². The Balaban J connectivity index is 1.83. The molecule has 0 fully saturated rings. The van der Waals surface area contributed by atoms with Crippen molar-refractivity contribution in [2.75, 3.05) is 6.61 Å². The molecule has 1 heterocycles. The van der Waals surface area contributed by atoms with Crippen molar-refractivity contribution in [3.05, 3.63) is 61.8 Å². The van der Waals surface area contributed by atoms with Crippen LogP contribution in [0.1, 0.15) is 40.9 Å². The molecule has 0 atom stereocenters. The highest BCUT2D eigenvalue weighted by Crippen LogP contribution is 2.23. The van der Waals surface area contributed by atoms with Crippen molar-refractivity contribution in [3.8, 4) is 0 Å². The summed E-state index contributed by atoms with van der Waals surface area (Å²) in [6, 6.07) is 8.37. The van der Waals surface area contributed by atoms with Crippen LogP contribution in [0.5, 0.6) is 0 Å². The van der Waals surface area contributed by atoms with Gasteiger partial charge in [0.25, 0.3) is 0 Å². The molecule has 0 radical (unpaired) electrons. The van der Waals surface area contributed by atoms with E-state index in [1.165, 1.54) is 23.5 Å². The number of halogens is 2. The molecule has 0 aliphatic carbocycles. The molecule has 0 bridgehead atoms. The molecule has 0 aliphatic rings. The second-order valence-corrected chi connectivity index (χ2v) is 9.22. The second-order valence-electron chi connectivity index (χ2n) is 7.24. The predicted molar refractivity (Wildman–Crippen MR) is 116 cm³/mol. The average molecular weight is 454 g/mol. The highest BCUT2D eigenvalue weighted by atomic mass is 35.5. The van der Waals surface area contributed by atoms with Gasteiger partial charge in [0.05, 0.1) is 21.5 Å². The van der Waals surface area contributed by atoms with E-state index in [4.69, 9.17) is 27.9 Å². The number of ketones is 1. The summed E-state index contributed by atoms with van der Waals surface area (Å²) in [6.45, 7) is 5.47. The minimum absolute atomic E-state index is 0.0681. The lowest BCUT2D eigenvalue weighted by Crippen LogP contribution is -2.34. The Kier molecular flexibility index (Phi) is 8.02. The third-order valence-electron chi connectivity index (χ3n) is 3.74. The molecule has 1 aromatic carbocycles. The summed E-state index contributed by atoms with van der Waals surface area (Å²) in [4.78, 5) is 37.2. The number of ether oxygens (including phenoxy) is 1. The minimum Gasteiger partial charge on any atom is -0.454 e. The van der Waals surface area contributed by atoms with E-state index in [9.17, 15) is 14.4 Å². The number of thiophene rings is 1. The van der Waals surface area contributed by atoms with E-state index in [-0.39, 0.29) is 18.3 Å². The van der Waals surface area contributed by atoms with Crippen molar-refractivity contribution in [1.29, 1.82) is 0 Å². The number of carbonyl (C=O) groups is 3. The molecular weight excluding hydrogens is 433 g/mol. The molecule has 1 N–H and O–H groups in total. The average Bonchev–Trinajstić information content (AvgIpc) is 3.13. The molecule has 0 saturated carbocycles. The van der Waals surface area contributed by atoms with Gasteiger partial charge in [0, 0.05) is 16.4 Å². The van der Waals surface area contributed by atoms with E-state index in [2.05, 4.69) is 5.32 Å². The van der Waals surface area contributed by atoms with Gasteiger partial charge in [-0.2, -0.15) is 0 Å². The number of esters is 1. The zero-order valence-electron chi connectivity index (χ0n) is 16.3. The van der Waals surface area contributed by atoms with E-state index in [1.54, 1.807) is 30.3 Å². The number of amides is 1. The first kappa shape index (κ1) is 23.1. The van der Waals surface area contributed by atoms with Crippen LogP contribution in [0.15, 0.2) is 36.4 Å². The van der Waals surface area contributed by atoms with Crippen molar-refractivity contribution in [2.45, 2.75) is 27.3 Å². The maximum Gasteiger partial charge on any atom is 0.331 e. The van der Waals surface area contributed by atoms with Gasteiger partial charge in [0.2, 0.25) is 11.7 Å². The number of hydrogen-bond acceptors (Lipinski definition) is 5. The fourth-order valence-electron chi connectivity index (χ4n) is 2.09. The fourth-order valence-corrected chi connectivity index (χ4v) is 3.27. The van der Waals surface area contributed by atoms with Gasteiger partial charge in [0.15, 0.2) is 6.61 Å². The molecule has 1 aromatic heterocycles. The Hall–Kier alpha value is -2.15. The maximum absolute atomic E-state index is 12.2. The zero-order valence-corrected chi connectivity index (χ0v) is 18.6. The highest BCUT2D eigenvalue weighted by molar-refractivity contribution is 7.14. The quantitative estimate of drug-likeness (QED) is 0.357. The number of hydrogen-bond donors (Lipinski definition) is 1. The Morgan fingerprint density at radius 2 is 1.83 bits per heavy atom. The van der Waals surface area contributed by atoms with Gasteiger partial charge in [-0.05, 0) is 35.9 Å². The summed E-state index contributed by atoms with van der Waals surface area (Å²) >= 11 is 13.0. The van der Waals surface area contributed by atoms with E-state index in [0.29, 0.717) is 27.0 Å². The smallest absolute Gasteiger partial charge is 0.331 e. The first-order chi connectivity index (χ1) is 13.6. The normalized spacial score (nSPS) is 11.5. The topological polar surface area (TPSA) is 72.5 Å². The van der Waals surface area contributed by atoms with Crippen molar-refractivity contribution in [3.63, 3.8) is 0 Å². The highest BCUT2D eigenvalue weighted by Gasteiger charge is 2.21. The van der Waals surface area contributed by atoms with Crippen LogP contribution >= 0.6 is 34.5 Å². The maximum atomic E-state index is 12.2. The monoisotopic (exact) mass is 453 g/mol. The molecule has 154 valence electrons. The molecular formula is C21H21Cl2NO4S. The van der Waals surface area contributed by atoms with Gasteiger partial charge in [0.1, 0.15) is 0 Å². The fraction of sp³-hybridized carbons (Fsp3) is 0.286. The van der Waals surface area contributed by atoms with E-state index >= 15 is 0 Å². The predicted octanol–water partition coefficient (Wildman–Crippen LogP) is 5.16. The first-order valence-corrected chi connectivity index (χ1v) is 10.3. The third-order valence-corrected chi connectivity index (χ3v) is 5.61. The SMILES string of the molecule is CC(C)(C)C(=O)NCc1ccc(C(=O)COC(=O)/C=C/c2ccc(Cl)c(Cl)c2)s1. The van der Waals surface area contributed by atoms with Gasteiger partial charge in [-0.1, -0.05) is 50.0 Å². The number of carbonyl (C=O) groups excluding carboxylic acids is 3. The summed E-state index contributed by atoms with van der Waals surface area (Å²) in [7, 11) is 0. The summed E-state index contributed by atoms with van der Waals surface area (Å²) in [5.74, 6) is -1.01. The third kappa shape index (κ3) is 7.31. The van der Waals surface area contributed by atoms with Crippen molar-refractivity contribution >= 4 is 58.3 Å². The molecule has 0 aliphatic heterocycles. The van der Waals surface area contributed by atoms with Crippen LogP contribution in [0.2, 0.25) is 10.0 Å². The Morgan fingerprint density at radius 3 is 2.48 bits per heavy atom. The Morgan fingerprint density at radius 1 is 1.10 bits per heavy atom. The molecule has 29 heavy (non-hydrogen) atoms. The molecule has 0 spiro atoms. The van der Waals surface area contributed by atoms with Gasteiger partial charge in [-0.3, -0.25) is 9.59 Å². The molecule has 8 heteroatoms. The first-order valence-electron chi connectivity index (χ1n) is 8.76. The number of nitrogens with one attached hydrogen (secondary N) is 1. The number of benzene rings is 1. The molecule has 0 saturated heterocycles. The van der Waals surface area contributed by atoms with Crippen LogP contribution in [0.25, 0.3) is 6.08 Å². The molecule has 0 unspecified atom stereocenters. The Labute approximate surface area is 183 Å². The number of Topliss-reactive ketones (excluding diaryl/α,β-unsaturated/α-hetero) is 1. The van der Waals surface area contributed by atoms with Crippen LogP contribution in [0.3, 0.4) is 0 Å². The minimum atomic E-state index is -0.640.